The van der Waals surface area contributed by atoms with Gasteiger partial charge in [-0.2, -0.15) is 0 Å². The summed E-state index contributed by atoms with van der Waals surface area (Å²) in [6.45, 7) is 7.91. The molecule has 1 aliphatic heterocycles. The first-order chi connectivity index (χ1) is 16.9. The molecule has 3 amide bonds. The van der Waals surface area contributed by atoms with Crippen molar-refractivity contribution in [2.75, 3.05) is 6.54 Å². The molecular formula is C26H40N4O6. The molecule has 200 valence electrons. The van der Waals surface area contributed by atoms with Gasteiger partial charge in [0.15, 0.2) is 0 Å². The summed E-state index contributed by atoms with van der Waals surface area (Å²) in [7, 11) is 0. The van der Waals surface area contributed by atoms with Crippen molar-refractivity contribution in [3.8, 4) is 5.75 Å². The Labute approximate surface area is 212 Å². The van der Waals surface area contributed by atoms with Crippen molar-refractivity contribution in [3.63, 3.8) is 0 Å². The quantitative estimate of drug-likeness (QED) is 0.287. The first-order valence-corrected chi connectivity index (χ1v) is 12.6. The largest absolute Gasteiger partial charge is 0.508 e. The van der Waals surface area contributed by atoms with Crippen LogP contribution in [0.4, 0.5) is 0 Å². The molecule has 0 saturated carbocycles. The molecule has 2 rings (SSSR count). The van der Waals surface area contributed by atoms with E-state index in [1.807, 2.05) is 27.7 Å². The Morgan fingerprint density at radius 1 is 1.06 bits per heavy atom. The van der Waals surface area contributed by atoms with Crippen LogP contribution >= 0.6 is 0 Å². The maximum Gasteiger partial charge on any atom is 0.326 e. The zero-order valence-corrected chi connectivity index (χ0v) is 21.6. The summed E-state index contributed by atoms with van der Waals surface area (Å²) in [4.78, 5) is 52.5. The number of carbonyl (C=O) groups is 4. The van der Waals surface area contributed by atoms with Gasteiger partial charge in [-0.3, -0.25) is 14.4 Å². The maximum absolute atomic E-state index is 13.4. The van der Waals surface area contributed by atoms with E-state index in [1.165, 1.54) is 17.0 Å². The van der Waals surface area contributed by atoms with E-state index in [0.717, 1.165) is 0 Å². The number of phenolic OH excluding ortho intramolecular Hbond substituents is 1. The Bertz CT molecular complexity index is 920. The van der Waals surface area contributed by atoms with Gasteiger partial charge in [0.25, 0.3) is 0 Å². The molecule has 10 heteroatoms. The molecule has 10 nitrogen and oxygen atoms in total. The van der Waals surface area contributed by atoms with Gasteiger partial charge in [0.05, 0.1) is 6.04 Å². The number of hydrogen-bond donors (Lipinski definition) is 5. The van der Waals surface area contributed by atoms with Crippen LogP contribution in [0.1, 0.15) is 58.9 Å². The molecule has 5 unspecified atom stereocenters. The number of aliphatic carboxylic acids is 1. The van der Waals surface area contributed by atoms with Crippen molar-refractivity contribution in [1.82, 2.24) is 15.5 Å². The van der Waals surface area contributed by atoms with Crippen LogP contribution in [0.2, 0.25) is 0 Å². The minimum Gasteiger partial charge on any atom is -0.508 e. The number of phenols is 1. The minimum atomic E-state index is -1.06. The van der Waals surface area contributed by atoms with Gasteiger partial charge >= 0.3 is 5.97 Å². The van der Waals surface area contributed by atoms with E-state index in [0.29, 0.717) is 37.8 Å². The lowest BCUT2D eigenvalue weighted by molar-refractivity contribution is -0.149. The van der Waals surface area contributed by atoms with Gasteiger partial charge in [-0.15, -0.1) is 0 Å². The van der Waals surface area contributed by atoms with Crippen molar-refractivity contribution in [1.29, 1.82) is 0 Å². The Morgan fingerprint density at radius 3 is 2.22 bits per heavy atom. The van der Waals surface area contributed by atoms with E-state index in [9.17, 15) is 29.4 Å². The average molecular weight is 505 g/mol. The third kappa shape index (κ3) is 7.94. The van der Waals surface area contributed by atoms with E-state index >= 15 is 0 Å². The van der Waals surface area contributed by atoms with Crippen molar-refractivity contribution >= 4 is 23.7 Å². The second kappa shape index (κ2) is 13.2. The first-order valence-electron chi connectivity index (χ1n) is 12.6. The van der Waals surface area contributed by atoms with E-state index in [-0.39, 0.29) is 24.0 Å². The van der Waals surface area contributed by atoms with Gasteiger partial charge in [0.2, 0.25) is 17.7 Å². The number of aromatic hydroxyl groups is 1. The number of carboxylic acid groups (broad SMARTS) is 1. The number of rotatable bonds is 12. The molecule has 6 N–H and O–H groups in total. The Kier molecular flexibility index (Phi) is 10.7. The molecule has 0 aromatic heterocycles. The van der Waals surface area contributed by atoms with Crippen LogP contribution in [0.15, 0.2) is 24.3 Å². The number of nitrogens with two attached hydrogens (primary N) is 1. The predicted molar refractivity (Wildman–Crippen MR) is 135 cm³/mol. The number of amides is 3. The van der Waals surface area contributed by atoms with Gasteiger partial charge < -0.3 is 31.5 Å². The molecule has 1 aliphatic rings. The second-order valence-electron chi connectivity index (χ2n) is 10.1. The van der Waals surface area contributed by atoms with Crippen molar-refractivity contribution in [2.45, 2.75) is 84.0 Å². The van der Waals surface area contributed by atoms with Gasteiger partial charge in [-0.25, -0.2) is 4.79 Å². The van der Waals surface area contributed by atoms with Crippen LogP contribution < -0.4 is 16.4 Å². The maximum atomic E-state index is 13.4. The number of nitrogens with zero attached hydrogens (tertiary/aromatic N) is 1. The van der Waals surface area contributed by atoms with Crippen LogP contribution in [0.25, 0.3) is 0 Å². The van der Waals surface area contributed by atoms with E-state index in [4.69, 9.17) is 5.73 Å². The Hall–Kier alpha value is -3.14. The van der Waals surface area contributed by atoms with Gasteiger partial charge in [0, 0.05) is 13.0 Å². The van der Waals surface area contributed by atoms with Crippen molar-refractivity contribution < 1.29 is 29.4 Å². The fraction of sp³-hybridized carbons (Fsp3) is 0.615. The molecule has 36 heavy (non-hydrogen) atoms. The summed E-state index contributed by atoms with van der Waals surface area (Å²) in [5.41, 5.74) is 6.78. The lowest BCUT2D eigenvalue weighted by atomic mass is 9.97. The molecule has 0 radical (unpaired) electrons. The first kappa shape index (κ1) is 29.1. The van der Waals surface area contributed by atoms with Gasteiger partial charge in [0.1, 0.15) is 23.9 Å². The molecular weight excluding hydrogens is 464 g/mol. The fourth-order valence-corrected chi connectivity index (χ4v) is 4.31. The van der Waals surface area contributed by atoms with Crippen LogP contribution in [-0.2, 0) is 25.6 Å². The van der Waals surface area contributed by atoms with Crippen molar-refractivity contribution in [3.05, 3.63) is 29.8 Å². The molecule has 1 fully saturated rings. The summed E-state index contributed by atoms with van der Waals surface area (Å²) in [5, 5.41) is 24.6. The minimum absolute atomic E-state index is 0.0501. The zero-order valence-electron chi connectivity index (χ0n) is 21.6. The molecule has 0 spiro atoms. The van der Waals surface area contributed by atoms with Crippen LogP contribution in [0.3, 0.4) is 0 Å². The van der Waals surface area contributed by atoms with Crippen LogP contribution in [-0.4, -0.2) is 69.5 Å². The normalized spacial score (nSPS) is 18.8. The lowest BCUT2D eigenvalue weighted by Gasteiger charge is -2.30. The highest BCUT2D eigenvalue weighted by Gasteiger charge is 2.38. The highest BCUT2D eigenvalue weighted by molar-refractivity contribution is 5.94. The van der Waals surface area contributed by atoms with Crippen LogP contribution in [0, 0.1) is 11.8 Å². The molecule has 1 aromatic carbocycles. The smallest absolute Gasteiger partial charge is 0.326 e. The number of carboxylic acids is 1. The SMILES string of the molecule is CCC(C)C(N)C(=O)NC(Cc1ccc(O)cc1)C(=O)NC(CC(C)C)C(=O)N1CCCC1C(=O)O. The fourth-order valence-electron chi connectivity index (χ4n) is 4.31. The van der Waals surface area contributed by atoms with E-state index < -0.39 is 47.9 Å². The highest BCUT2D eigenvalue weighted by Crippen LogP contribution is 2.21. The summed E-state index contributed by atoms with van der Waals surface area (Å²) >= 11 is 0. The third-order valence-corrected chi connectivity index (χ3v) is 6.71. The topological polar surface area (TPSA) is 162 Å². The number of benzene rings is 1. The highest BCUT2D eigenvalue weighted by atomic mass is 16.4. The van der Waals surface area contributed by atoms with Crippen LogP contribution in [0.5, 0.6) is 5.75 Å². The number of carbonyl (C=O) groups excluding carboxylic acids is 3. The molecule has 1 aromatic rings. The standard InChI is InChI=1S/C26H40N4O6/c1-5-16(4)22(27)24(33)28-19(14-17-8-10-18(31)11-9-17)23(32)29-20(13-15(2)3)25(34)30-12-6-7-21(30)26(35)36/h8-11,15-16,19-22,31H,5-7,12-14,27H2,1-4H3,(H,28,33)(H,29,32)(H,35,36). The monoisotopic (exact) mass is 504 g/mol. The summed E-state index contributed by atoms with van der Waals surface area (Å²) < 4.78 is 0. The number of nitrogens with one attached hydrogen (secondary N) is 2. The average Bonchev–Trinajstić information content (AvgIpc) is 3.33. The molecule has 0 aliphatic carbocycles. The molecule has 0 bridgehead atoms. The zero-order chi connectivity index (χ0) is 27.0. The van der Waals surface area contributed by atoms with Crippen molar-refractivity contribution in [2.24, 2.45) is 17.6 Å². The number of likely N-dealkylation sites (tertiary alicyclic amines) is 1. The Morgan fingerprint density at radius 2 is 1.67 bits per heavy atom. The Balaban J connectivity index is 2.26. The predicted octanol–water partition coefficient (Wildman–Crippen LogP) is 1.40. The molecule has 1 saturated heterocycles. The molecule has 5 atom stereocenters. The summed E-state index contributed by atoms with van der Waals surface area (Å²) in [6, 6.07) is 2.60. The summed E-state index contributed by atoms with van der Waals surface area (Å²) in [6.07, 6.45) is 2.08. The van der Waals surface area contributed by atoms with Gasteiger partial charge in [-0.05, 0) is 48.8 Å². The number of hydrogen-bond acceptors (Lipinski definition) is 6. The summed E-state index contributed by atoms with van der Waals surface area (Å²) in [5.74, 6) is -2.50. The van der Waals surface area contributed by atoms with Gasteiger partial charge in [-0.1, -0.05) is 46.2 Å². The van der Waals surface area contributed by atoms with E-state index in [1.54, 1.807) is 12.1 Å². The second-order valence-corrected chi connectivity index (χ2v) is 10.1. The van der Waals surface area contributed by atoms with E-state index in [2.05, 4.69) is 10.6 Å². The third-order valence-electron chi connectivity index (χ3n) is 6.71. The molecule has 1 heterocycles. The lowest BCUT2D eigenvalue weighted by Crippen LogP contribution is -2.58.